The van der Waals surface area contributed by atoms with Crippen molar-refractivity contribution < 1.29 is 4.42 Å². The summed E-state index contributed by atoms with van der Waals surface area (Å²) < 4.78 is 7.80. The molecule has 0 spiro atoms. The molecule has 17 heavy (non-hydrogen) atoms. The Labute approximate surface area is 102 Å². The molecule has 0 atom stereocenters. The summed E-state index contributed by atoms with van der Waals surface area (Å²) in [5.74, 6) is 1.97. The predicted octanol–water partition coefficient (Wildman–Crippen LogP) is 3.09. The number of hydrogen-bond acceptors (Lipinski definition) is 2. The van der Waals surface area contributed by atoms with E-state index in [4.69, 9.17) is 4.42 Å². The topological polar surface area (TPSA) is 30.1 Å². The maximum Gasteiger partial charge on any atom is 0.117 e. The molecular weight excluding hydrogens is 212 g/mol. The Morgan fingerprint density at radius 1 is 1.24 bits per heavy atom. The van der Waals surface area contributed by atoms with Crippen LogP contribution in [0, 0.1) is 6.92 Å². The lowest BCUT2D eigenvalue weighted by Gasteiger charge is -2.08. The van der Waals surface area contributed by atoms with Crippen molar-refractivity contribution in [3.05, 3.63) is 47.7 Å². The second kappa shape index (κ2) is 5.73. The molecule has 2 aromatic rings. The SMILES string of the molecule is CCCn1cccc1CNCc1ccc(C)o1. The fraction of sp³-hybridized carbons (Fsp3) is 0.429. The van der Waals surface area contributed by atoms with Crippen LogP contribution in [0.15, 0.2) is 34.9 Å². The van der Waals surface area contributed by atoms with E-state index in [9.17, 15) is 0 Å². The van der Waals surface area contributed by atoms with Gasteiger partial charge in [-0.2, -0.15) is 0 Å². The number of hydrogen-bond donors (Lipinski definition) is 1. The van der Waals surface area contributed by atoms with Crippen molar-refractivity contribution in [1.29, 1.82) is 0 Å². The van der Waals surface area contributed by atoms with E-state index in [0.717, 1.165) is 31.2 Å². The first-order chi connectivity index (χ1) is 8.29. The van der Waals surface area contributed by atoms with Gasteiger partial charge in [-0.15, -0.1) is 0 Å². The molecule has 0 saturated carbocycles. The van der Waals surface area contributed by atoms with E-state index in [-0.39, 0.29) is 0 Å². The molecule has 0 unspecified atom stereocenters. The summed E-state index contributed by atoms with van der Waals surface area (Å²) in [6.45, 7) is 6.92. The minimum atomic E-state index is 0.783. The number of nitrogens with zero attached hydrogens (tertiary/aromatic N) is 1. The van der Waals surface area contributed by atoms with Gasteiger partial charge in [-0.3, -0.25) is 0 Å². The van der Waals surface area contributed by atoms with Gasteiger partial charge >= 0.3 is 0 Å². The van der Waals surface area contributed by atoms with E-state index in [0.29, 0.717) is 0 Å². The third-order valence-corrected chi connectivity index (χ3v) is 2.79. The van der Waals surface area contributed by atoms with E-state index in [1.807, 2.05) is 19.1 Å². The molecule has 0 aliphatic heterocycles. The van der Waals surface area contributed by atoms with Crippen LogP contribution in [0.25, 0.3) is 0 Å². The minimum absolute atomic E-state index is 0.783. The fourth-order valence-corrected chi connectivity index (χ4v) is 1.96. The molecule has 0 aliphatic rings. The molecule has 0 amide bonds. The summed E-state index contributed by atoms with van der Waals surface area (Å²) in [6, 6.07) is 8.28. The summed E-state index contributed by atoms with van der Waals surface area (Å²) >= 11 is 0. The number of aromatic nitrogens is 1. The van der Waals surface area contributed by atoms with E-state index in [2.05, 4.69) is 35.1 Å². The molecule has 0 fully saturated rings. The predicted molar refractivity (Wildman–Crippen MR) is 68.7 cm³/mol. The number of nitrogens with one attached hydrogen (secondary N) is 1. The van der Waals surface area contributed by atoms with Crippen molar-refractivity contribution >= 4 is 0 Å². The lowest BCUT2D eigenvalue weighted by Crippen LogP contribution is -2.15. The summed E-state index contributed by atoms with van der Waals surface area (Å²) in [4.78, 5) is 0. The monoisotopic (exact) mass is 232 g/mol. The molecule has 3 heteroatoms. The summed E-state index contributed by atoms with van der Waals surface area (Å²) in [7, 11) is 0. The summed E-state index contributed by atoms with van der Waals surface area (Å²) in [6.07, 6.45) is 3.30. The number of furan rings is 1. The van der Waals surface area contributed by atoms with Crippen molar-refractivity contribution in [2.24, 2.45) is 0 Å². The summed E-state index contributed by atoms with van der Waals surface area (Å²) in [5.41, 5.74) is 1.33. The van der Waals surface area contributed by atoms with E-state index in [1.165, 1.54) is 12.1 Å². The Balaban J connectivity index is 1.83. The Hall–Kier alpha value is -1.48. The van der Waals surface area contributed by atoms with Gasteiger partial charge < -0.3 is 14.3 Å². The van der Waals surface area contributed by atoms with Crippen molar-refractivity contribution in [2.45, 2.75) is 39.9 Å². The molecule has 3 nitrogen and oxygen atoms in total. The van der Waals surface area contributed by atoms with Gasteiger partial charge in [0, 0.05) is 25.0 Å². The smallest absolute Gasteiger partial charge is 0.117 e. The lowest BCUT2D eigenvalue weighted by atomic mass is 10.3. The Morgan fingerprint density at radius 2 is 2.12 bits per heavy atom. The zero-order valence-corrected chi connectivity index (χ0v) is 10.6. The highest BCUT2D eigenvalue weighted by Gasteiger charge is 2.01. The first-order valence-corrected chi connectivity index (χ1v) is 6.19. The van der Waals surface area contributed by atoms with Crippen LogP contribution in [0.4, 0.5) is 0 Å². The van der Waals surface area contributed by atoms with Crippen LogP contribution in [0.1, 0.15) is 30.6 Å². The Morgan fingerprint density at radius 3 is 2.82 bits per heavy atom. The maximum atomic E-state index is 5.51. The molecule has 0 aliphatic carbocycles. The van der Waals surface area contributed by atoms with Crippen molar-refractivity contribution in [1.82, 2.24) is 9.88 Å². The molecule has 2 aromatic heterocycles. The van der Waals surface area contributed by atoms with Crippen LogP contribution in [-0.4, -0.2) is 4.57 Å². The average molecular weight is 232 g/mol. The van der Waals surface area contributed by atoms with Crippen molar-refractivity contribution in [3.8, 4) is 0 Å². The fourth-order valence-electron chi connectivity index (χ4n) is 1.96. The third kappa shape index (κ3) is 3.24. The molecule has 0 saturated heterocycles. The van der Waals surface area contributed by atoms with Gasteiger partial charge in [-0.1, -0.05) is 6.92 Å². The van der Waals surface area contributed by atoms with E-state index in [1.54, 1.807) is 0 Å². The van der Waals surface area contributed by atoms with Gasteiger partial charge in [0.05, 0.1) is 6.54 Å². The first kappa shape index (κ1) is 12.0. The van der Waals surface area contributed by atoms with E-state index < -0.39 is 0 Å². The molecular formula is C14H20N2O. The van der Waals surface area contributed by atoms with Gasteiger partial charge in [-0.25, -0.2) is 0 Å². The maximum absolute atomic E-state index is 5.51. The second-order valence-electron chi connectivity index (χ2n) is 4.31. The number of aryl methyl sites for hydroxylation is 2. The highest BCUT2D eigenvalue weighted by Crippen LogP contribution is 2.07. The number of rotatable bonds is 6. The van der Waals surface area contributed by atoms with Crippen molar-refractivity contribution in [3.63, 3.8) is 0 Å². The van der Waals surface area contributed by atoms with Crippen LogP contribution in [-0.2, 0) is 19.6 Å². The molecule has 2 heterocycles. The molecule has 0 radical (unpaired) electrons. The normalized spacial score (nSPS) is 10.9. The average Bonchev–Trinajstić information content (AvgIpc) is 2.90. The molecule has 1 N–H and O–H groups in total. The van der Waals surface area contributed by atoms with Crippen LogP contribution in [0.5, 0.6) is 0 Å². The Kier molecular flexibility index (Phi) is 4.04. The Bertz CT molecular complexity index is 456. The minimum Gasteiger partial charge on any atom is -0.465 e. The highest BCUT2D eigenvalue weighted by molar-refractivity contribution is 5.08. The molecule has 92 valence electrons. The standard InChI is InChI=1S/C14H20N2O/c1-3-8-16-9-4-5-13(16)10-15-11-14-7-6-12(2)17-14/h4-7,9,15H,3,8,10-11H2,1-2H3. The van der Waals surface area contributed by atoms with Crippen LogP contribution < -0.4 is 5.32 Å². The molecule has 0 bridgehead atoms. The highest BCUT2D eigenvalue weighted by atomic mass is 16.3. The lowest BCUT2D eigenvalue weighted by molar-refractivity contribution is 0.458. The zero-order valence-electron chi connectivity index (χ0n) is 10.6. The second-order valence-corrected chi connectivity index (χ2v) is 4.31. The van der Waals surface area contributed by atoms with E-state index >= 15 is 0 Å². The van der Waals surface area contributed by atoms with Gasteiger partial charge in [0.2, 0.25) is 0 Å². The van der Waals surface area contributed by atoms with Gasteiger partial charge in [0.25, 0.3) is 0 Å². The van der Waals surface area contributed by atoms with Gasteiger partial charge in [0.15, 0.2) is 0 Å². The van der Waals surface area contributed by atoms with Crippen LogP contribution >= 0.6 is 0 Å². The first-order valence-electron chi connectivity index (χ1n) is 6.19. The van der Waals surface area contributed by atoms with Crippen LogP contribution in [0.2, 0.25) is 0 Å². The summed E-state index contributed by atoms with van der Waals surface area (Å²) in [5, 5.41) is 3.40. The molecule has 0 aromatic carbocycles. The van der Waals surface area contributed by atoms with Crippen molar-refractivity contribution in [2.75, 3.05) is 0 Å². The van der Waals surface area contributed by atoms with Gasteiger partial charge in [0.1, 0.15) is 11.5 Å². The zero-order chi connectivity index (χ0) is 12.1. The van der Waals surface area contributed by atoms with Crippen LogP contribution in [0.3, 0.4) is 0 Å². The largest absolute Gasteiger partial charge is 0.465 e. The molecule has 2 rings (SSSR count). The quantitative estimate of drug-likeness (QED) is 0.829. The van der Waals surface area contributed by atoms with Gasteiger partial charge in [-0.05, 0) is 37.6 Å². The third-order valence-electron chi connectivity index (χ3n) is 2.79.